The van der Waals surface area contributed by atoms with E-state index in [1.807, 2.05) is 5.38 Å². The van der Waals surface area contributed by atoms with Gasteiger partial charge in [-0.2, -0.15) is 0 Å². The summed E-state index contributed by atoms with van der Waals surface area (Å²) in [5.41, 5.74) is 6.19. The molecule has 2 amide bonds. The number of amides is 2. The maximum atomic E-state index is 11.4. The number of nitrogens with zero attached hydrogens (tertiary/aromatic N) is 1. The lowest BCUT2D eigenvalue weighted by atomic mass is 10.3. The molecule has 0 saturated carbocycles. The second-order valence-corrected chi connectivity index (χ2v) is 4.06. The van der Waals surface area contributed by atoms with E-state index in [0.717, 1.165) is 4.88 Å². The molecule has 0 spiro atoms. The molecule has 1 fully saturated rings. The topological polar surface area (TPSA) is 63.4 Å². The van der Waals surface area contributed by atoms with E-state index in [0.29, 0.717) is 25.1 Å². The number of carbonyl (C=O) groups is 2. The lowest BCUT2D eigenvalue weighted by molar-refractivity contribution is -0.121. The van der Waals surface area contributed by atoms with Crippen LogP contribution in [-0.2, 0) is 16.1 Å². The number of carbonyl (C=O) groups excluding carboxylic acids is 2. The molecule has 1 aromatic rings. The van der Waals surface area contributed by atoms with Crippen LogP contribution in [-0.4, -0.2) is 11.8 Å². The molecule has 4 nitrogen and oxygen atoms in total. The molecular weight excluding hydrogens is 200 g/mol. The van der Waals surface area contributed by atoms with Gasteiger partial charge in [-0.3, -0.25) is 9.59 Å². The highest BCUT2D eigenvalue weighted by atomic mass is 32.1. The molecule has 2 N–H and O–H groups in total. The SMILES string of the molecule is NCc1sccc1N1C(=O)CCC1=O. The molecular formula is C9H10N2O2S. The van der Waals surface area contributed by atoms with Gasteiger partial charge < -0.3 is 5.73 Å². The van der Waals surface area contributed by atoms with E-state index in [4.69, 9.17) is 5.73 Å². The standard InChI is InChI=1S/C9H10N2O2S/c10-5-7-6(3-4-14-7)11-8(12)1-2-9(11)13/h3-4H,1-2,5,10H2. The average molecular weight is 210 g/mol. The Morgan fingerprint density at radius 1 is 1.36 bits per heavy atom. The molecule has 0 aromatic carbocycles. The van der Waals surface area contributed by atoms with Gasteiger partial charge in [0.15, 0.2) is 0 Å². The summed E-state index contributed by atoms with van der Waals surface area (Å²) < 4.78 is 0. The maximum Gasteiger partial charge on any atom is 0.234 e. The molecule has 1 aromatic heterocycles. The van der Waals surface area contributed by atoms with Crippen LogP contribution in [0.5, 0.6) is 0 Å². The monoisotopic (exact) mass is 210 g/mol. The van der Waals surface area contributed by atoms with Crippen LogP contribution in [0.2, 0.25) is 0 Å². The molecule has 2 rings (SSSR count). The fourth-order valence-corrected chi connectivity index (χ4v) is 2.27. The summed E-state index contributed by atoms with van der Waals surface area (Å²) in [4.78, 5) is 25.0. The number of hydrogen-bond donors (Lipinski definition) is 1. The van der Waals surface area contributed by atoms with E-state index in [-0.39, 0.29) is 11.8 Å². The van der Waals surface area contributed by atoms with E-state index < -0.39 is 0 Å². The quantitative estimate of drug-likeness (QED) is 0.736. The molecule has 0 aliphatic carbocycles. The molecule has 0 bridgehead atoms. The summed E-state index contributed by atoms with van der Waals surface area (Å²) in [6.07, 6.45) is 0.636. The first kappa shape index (κ1) is 9.36. The zero-order valence-corrected chi connectivity index (χ0v) is 8.34. The second-order valence-electron chi connectivity index (χ2n) is 3.06. The Hall–Kier alpha value is -1.20. The summed E-state index contributed by atoms with van der Waals surface area (Å²) in [5.74, 6) is -0.244. The summed E-state index contributed by atoms with van der Waals surface area (Å²) in [6.45, 7) is 0.365. The third kappa shape index (κ3) is 1.34. The maximum absolute atomic E-state index is 11.4. The van der Waals surface area contributed by atoms with Gasteiger partial charge in [-0.1, -0.05) is 0 Å². The highest BCUT2D eigenvalue weighted by molar-refractivity contribution is 7.10. The number of anilines is 1. The molecule has 1 aliphatic rings. The van der Waals surface area contributed by atoms with Crippen molar-refractivity contribution >= 4 is 28.8 Å². The van der Waals surface area contributed by atoms with E-state index in [1.165, 1.54) is 16.2 Å². The Balaban J connectivity index is 2.38. The smallest absolute Gasteiger partial charge is 0.234 e. The highest BCUT2D eigenvalue weighted by Gasteiger charge is 2.31. The van der Waals surface area contributed by atoms with Crippen LogP contribution in [0.25, 0.3) is 0 Å². The Morgan fingerprint density at radius 3 is 2.57 bits per heavy atom. The minimum atomic E-state index is -0.122. The van der Waals surface area contributed by atoms with E-state index in [9.17, 15) is 9.59 Å². The van der Waals surface area contributed by atoms with Crippen molar-refractivity contribution in [2.24, 2.45) is 5.73 Å². The second kappa shape index (κ2) is 3.51. The molecule has 1 aliphatic heterocycles. The third-order valence-corrected chi connectivity index (χ3v) is 3.13. The summed E-state index contributed by atoms with van der Waals surface area (Å²) in [7, 11) is 0. The molecule has 0 atom stereocenters. The molecule has 5 heteroatoms. The van der Waals surface area contributed by atoms with Crippen molar-refractivity contribution in [2.75, 3.05) is 4.90 Å². The van der Waals surface area contributed by atoms with E-state index >= 15 is 0 Å². The van der Waals surface area contributed by atoms with Gasteiger partial charge in [0.25, 0.3) is 0 Å². The molecule has 1 saturated heterocycles. The van der Waals surface area contributed by atoms with Crippen LogP contribution in [0, 0.1) is 0 Å². The lowest BCUT2D eigenvalue weighted by Gasteiger charge is -2.13. The van der Waals surface area contributed by atoms with Gasteiger partial charge in [-0.25, -0.2) is 4.90 Å². The highest BCUT2D eigenvalue weighted by Crippen LogP contribution is 2.29. The van der Waals surface area contributed by atoms with Crippen molar-refractivity contribution in [3.05, 3.63) is 16.3 Å². The van der Waals surface area contributed by atoms with E-state index in [2.05, 4.69) is 0 Å². The third-order valence-electron chi connectivity index (χ3n) is 2.20. The number of thiophene rings is 1. The van der Waals surface area contributed by atoms with Gasteiger partial charge in [0.1, 0.15) is 0 Å². The first-order chi connectivity index (χ1) is 6.74. The van der Waals surface area contributed by atoms with Gasteiger partial charge in [-0.15, -0.1) is 11.3 Å². The average Bonchev–Trinajstić information content (AvgIpc) is 2.73. The summed E-state index contributed by atoms with van der Waals surface area (Å²) >= 11 is 1.47. The minimum absolute atomic E-state index is 0.122. The summed E-state index contributed by atoms with van der Waals surface area (Å²) in [5, 5.41) is 1.84. The Labute approximate surface area is 85.3 Å². The summed E-state index contributed by atoms with van der Waals surface area (Å²) in [6, 6.07) is 1.77. The van der Waals surface area contributed by atoms with Crippen LogP contribution in [0.1, 0.15) is 17.7 Å². The van der Waals surface area contributed by atoms with E-state index in [1.54, 1.807) is 6.07 Å². The van der Waals surface area contributed by atoms with Crippen LogP contribution >= 0.6 is 11.3 Å². The number of rotatable bonds is 2. The Kier molecular flexibility index (Phi) is 2.35. The molecule has 0 radical (unpaired) electrons. The minimum Gasteiger partial charge on any atom is -0.326 e. The van der Waals surface area contributed by atoms with Crippen LogP contribution in [0.15, 0.2) is 11.4 Å². The number of imide groups is 1. The van der Waals surface area contributed by atoms with Crippen LogP contribution < -0.4 is 10.6 Å². The van der Waals surface area contributed by atoms with Gasteiger partial charge in [0, 0.05) is 24.3 Å². The van der Waals surface area contributed by atoms with Crippen molar-refractivity contribution in [1.82, 2.24) is 0 Å². The predicted molar refractivity (Wildman–Crippen MR) is 53.9 cm³/mol. The van der Waals surface area contributed by atoms with Crippen molar-refractivity contribution in [3.8, 4) is 0 Å². The van der Waals surface area contributed by atoms with Gasteiger partial charge >= 0.3 is 0 Å². The zero-order chi connectivity index (χ0) is 10.1. The fourth-order valence-electron chi connectivity index (χ4n) is 1.53. The van der Waals surface area contributed by atoms with Crippen molar-refractivity contribution in [2.45, 2.75) is 19.4 Å². The predicted octanol–water partition coefficient (Wildman–Crippen LogP) is 0.860. The van der Waals surface area contributed by atoms with Crippen molar-refractivity contribution in [3.63, 3.8) is 0 Å². The van der Waals surface area contributed by atoms with Gasteiger partial charge in [-0.05, 0) is 11.4 Å². The lowest BCUT2D eigenvalue weighted by Crippen LogP contribution is -2.29. The first-order valence-corrected chi connectivity index (χ1v) is 5.24. The van der Waals surface area contributed by atoms with Crippen LogP contribution in [0.4, 0.5) is 5.69 Å². The van der Waals surface area contributed by atoms with Crippen molar-refractivity contribution < 1.29 is 9.59 Å². The van der Waals surface area contributed by atoms with Gasteiger partial charge in [0.2, 0.25) is 11.8 Å². The number of hydrogen-bond acceptors (Lipinski definition) is 4. The first-order valence-electron chi connectivity index (χ1n) is 4.36. The molecule has 0 unspecified atom stereocenters. The molecule has 74 valence electrons. The van der Waals surface area contributed by atoms with Gasteiger partial charge in [0.05, 0.1) is 5.69 Å². The zero-order valence-electron chi connectivity index (χ0n) is 7.53. The Morgan fingerprint density at radius 2 is 2.00 bits per heavy atom. The van der Waals surface area contributed by atoms with Crippen LogP contribution in [0.3, 0.4) is 0 Å². The fraction of sp³-hybridized carbons (Fsp3) is 0.333. The largest absolute Gasteiger partial charge is 0.326 e. The molecule has 2 heterocycles. The normalized spacial score (nSPS) is 16.8. The molecule has 14 heavy (non-hydrogen) atoms. The Bertz CT molecular complexity index is 370. The van der Waals surface area contributed by atoms with Crippen molar-refractivity contribution in [1.29, 1.82) is 0 Å². The number of nitrogens with two attached hydrogens (primary N) is 1.